The molecule has 0 radical (unpaired) electrons. The van der Waals surface area contributed by atoms with Gasteiger partial charge >= 0.3 is 0 Å². The predicted molar refractivity (Wildman–Crippen MR) is 98.6 cm³/mol. The molecule has 0 spiro atoms. The topological polar surface area (TPSA) is 61.2 Å². The smallest absolute Gasteiger partial charge is 0.210 e. The van der Waals surface area contributed by atoms with E-state index in [1.165, 1.54) is 0 Å². The van der Waals surface area contributed by atoms with Crippen LogP contribution < -0.4 is 0 Å². The molecule has 5 rings (SSSR count). The molecule has 6 heteroatoms. The number of nitrogens with zero attached hydrogens (tertiary/aromatic N) is 2. The van der Waals surface area contributed by atoms with E-state index in [0.29, 0.717) is 22.4 Å². The van der Waals surface area contributed by atoms with Crippen molar-refractivity contribution in [3.05, 3.63) is 46.7 Å². The summed E-state index contributed by atoms with van der Waals surface area (Å²) in [5.74, 6) is 1.79. The molecule has 3 heterocycles. The van der Waals surface area contributed by atoms with Gasteiger partial charge in [0, 0.05) is 29.2 Å². The fraction of sp³-hybridized carbons (Fsp3) is 0.421. The van der Waals surface area contributed by atoms with Crippen LogP contribution in [0.5, 0.6) is 0 Å². The lowest BCUT2D eigenvalue weighted by Crippen LogP contribution is -2.44. The van der Waals surface area contributed by atoms with Crippen molar-refractivity contribution in [3.8, 4) is 6.07 Å². The molecule has 0 aromatic heterocycles. The van der Waals surface area contributed by atoms with Gasteiger partial charge in [0.15, 0.2) is 5.78 Å². The molecule has 4 aliphatic rings. The lowest BCUT2D eigenvalue weighted by molar-refractivity contribution is 0.0955. The molecule has 0 saturated carbocycles. The van der Waals surface area contributed by atoms with Crippen molar-refractivity contribution in [3.63, 3.8) is 0 Å². The summed E-state index contributed by atoms with van der Waals surface area (Å²) in [6, 6.07) is 9.55. The fourth-order valence-electron chi connectivity index (χ4n) is 4.77. The zero-order valence-corrected chi connectivity index (χ0v) is 15.2. The minimum absolute atomic E-state index is 0.0256. The van der Waals surface area contributed by atoms with Crippen LogP contribution in [0.15, 0.2) is 35.5 Å². The molecule has 2 fully saturated rings. The van der Waals surface area contributed by atoms with Crippen molar-refractivity contribution in [2.75, 3.05) is 18.1 Å². The summed E-state index contributed by atoms with van der Waals surface area (Å²) in [6.07, 6.45) is 1.84. The van der Waals surface area contributed by atoms with Gasteiger partial charge < -0.3 is 4.90 Å². The molecule has 2 atom stereocenters. The molecule has 0 bridgehead atoms. The number of hydrogen-bond acceptors (Lipinski definition) is 6. The molecule has 126 valence electrons. The van der Waals surface area contributed by atoms with E-state index in [1.807, 2.05) is 0 Å². The van der Waals surface area contributed by atoms with Crippen LogP contribution in [0.25, 0.3) is 0 Å². The summed E-state index contributed by atoms with van der Waals surface area (Å²) in [5.41, 5.74) is 1.06. The Bertz CT molecular complexity index is 882. The van der Waals surface area contributed by atoms with Gasteiger partial charge in [-0.1, -0.05) is 24.3 Å². The highest BCUT2D eigenvalue weighted by molar-refractivity contribution is 8.20. The predicted octanol–water partition coefficient (Wildman–Crippen LogP) is 3.11. The second kappa shape index (κ2) is 5.39. The number of ketones is 2. The molecule has 0 unspecified atom stereocenters. The van der Waals surface area contributed by atoms with Crippen molar-refractivity contribution in [2.45, 2.75) is 23.5 Å². The molecular weight excluding hydrogens is 352 g/mol. The maximum atomic E-state index is 13.4. The van der Waals surface area contributed by atoms with E-state index < -0.39 is 5.41 Å². The Morgan fingerprint density at radius 1 is 1.12 bits per heavy atom. The lowest BCUT2D eigenvalue weighted by atomic mass is 9.72. The summed E-state index contributed by atoms with van der Waals surface area (Å²) in [5, 5.41) is 10.3. The normalized spacial score (nSPS) is 31.2. The van der Waals surface area contributed by atoms with E-state index in [9.17, 15) is 14.9 Å². The Balaban J connectivity index is 1.78. The summed E-state index contributed by atoms with van der Waals surface area (Å²) in [4.78, 5) is 28.7. The first-order chi connectivity index (χ1) is 12.2. The number of fused-ring (bicyclic) bond motifs is 3. The number of nitriles is 1. The minimum atomic E-state index is -0.877. The molecule has 4 nitrogen and oxygen atoms in total. The van der Waals surface area contributed by atoms with E-state index in [2.05, 4.69) is 11.0 Å². The van der Waals surface area contributed by atoms with Crippen LogP contribution in [0, 0.1) is 16.7 Å². The average Bonchev–Trinajstić information content (AvgIpc) is 3.36. The Labute approximate surface area is 154 Å². The van der Waals surface area contributed by atoms with Crippen molar-refractivity contribution in [1.82, 2.24) is 4.90 Å². The quantitative estimate of drug-likeness (QED) is 0.759. The number of hydrogen-bond donors (Lipinski definition) is 0. The standard InChI is InChI=1S/C19H16N2O2S2/c20-10-19(18-24-8-9-25-18)13-6-3-7-21(13)15-14(19)16(22)11-4-1-2-5-12(11)17(15)23/h1-2,4-5,13,18H,3,6-9H2/t13-,19-/m1/s1. The maximum Gasteiger partial charge on any atom is 0.210 e. The summed E-state index contributed by atoms with van der Waals surface area (Å²) in [6.45, 7) is 0.760. The molecule has 2 saturated heterocycles. The van der Waals surface area contributed by atoms with Crippen molar-refractivity contribution >= 4 is 35.1 Å². The van der Waals surface area contributed by atoms with Crippen molar-refractivity contribution in [2.24, 2.45) is 5.41 Å². The van der Waals surface area contributed by atoms with Gasteiger partial charge in [0.2, 0.25) is 5.78 Å². The van der Waals surface area contributed by atoms with Gasteiger partial charge in [0.1, 0.15) is 5.41 Å². The molecule has 0 amide bonds. The number of thioether (sulfide) groups is 2. The van der Waals surface area contributed by atoms with Crippen LogP contribution in [0.1, 0.15) is 33.6 Å². The number of allylic oxidation sites excluding steroid dienone is 1. The maximum absolute atomic E-state index is 13.4. The van der Waals surface area contributed by atoms with Gasteiger partial charge in [-0.3, -0.25) is 9.59 Å². The number of carbonyl (C=O) groups is 2. The van der Waals surface area contributed by atoms with E-state index in [0.717, 1.165) is 30.9 Å². The third-order valence-corrected chi connectivity index (χ3v) is 9.06. The molecule has 1 aromatic carbocycles. The largest absolute Gasteiger partial charge is 0.363 e. The third kappa shape index (κ3) is 1.81. The SMILES string of the molecule is N#C[C@]1(C2SCCS2)C2=C(C(=O)c3ccccc3C2=O)N2CCC[C@@H]21. The van der Waals surface area contributed by atoms with E-state index in [1.54, 1.807) is 47.8 Å². The molecule has 25 heavy (non-hydrogen) atoms. The molecule has 3 aliphatic heterocycles. The Kier molecular flexibility index (Phi) is 3.35. The zero-order chi connectivity index (χ0) is 17.2. The van der Waals surface area contributed by atoms with Gasteiger partial charge in [-0.15, -0.1) is 23.5 Å². The first-order valence-corrected chi connectivity index (χ1v) is 10.6. The van der Waals surface area contributed by atoms with Gasteiger partial charge in [0.25, 0.3) is 0 Å². The van der Waals surface area contributed by atoms with Crippen LogP contribution in [0.3, 0.4) is 0 Å². The monoisotopic (exact) mass is 368 g/mol. The van der Waals surface area contributed by atoms with Crippen LogP contribution in [0.4, 0.5) is 0 Å². The van der Waals surface area contributed by atoms with Crippen LogP contribution in [-0.2, 0) is 0 Å². The molecular formula is C19H16N2O2S2. The molecule has 1 aliphatic carbocycles. The first-order valence-electron chi connectivity index (χ1n) is 8.54. The second-order valence-corrected chi connectivity index (χ2v) is 9.56. The second-order valence-electron chi connectivity index (χ2n) is 6.83. The van der Waals surface area contributed by atoms with Crippen molar-refractivity contribution in [1.29, 1.82) is 5.26 Å². The van der Waals surface area contributed by atoms with Gasteiger partial charge in [-0.2, -0.15) is 5.26 Å². The summed E-state index contributed by atoms with van der Waals surface area (Å²) >= 11 is 3.54. The minimum Gasteiger partial charge on any atom is -0.363 e. The number of rotatable bonds is 1. The highest BCUT2D eigenvalue weighted by Crippen LogP contribution is 2.60. The Morgan fingerprint density at radius 3 is 2.48 bits per heavy atom. The zero-order valence-electron chi connectivity index (χ0n) is 13.5. The fourth-order valence-corrected chi connectivity index (χ4v) is 8.12. The van der Waals surface area contributed by atoms with Gasteiger partial charge in [-0.05, 0) is 12.8 Å². The lowest BCUT2D eigenvalue weighted by Gasteiger charge is -2.35. The van der Waals surface area contributed by atoms with Crippen LogP contribution in [-0.4, -0.2) is 45.1 Å². The van der Waals surface area contributed by atoms with Crippen LogP contribution in [0.2, 0.25) is 0 Å². The van der Waals surface area contributed by atoms with Crippen molar-refractivity contribution < 1.29 is 9.59 Å². The number of Topliss-reactive ketones (excluding diaryl/α,β-unsaturated/α-hetero) is 2. The molecule has 0 N–H and O–H groups in total. The Morgan fingerprint density at radius 2 is 1.80 bits per heavy atom. The Hall–Kier alpha value is -1.71. The highest BCUT2D eigenvalue weighted by atomic mass is 32.2. The average molecular weight is 368 g/mol. The van der Waals surface area contributed by atoms with Gasteiger partial charge in [-0.25, -0.2) is 0 Å². The highest BCUT2D eigenvalue weighted by Gasteiger charge is 2.64. The van der Waals surface area contributed by atoms with Gasteiger partial charge in [0.05, 0.1) is 28.0 Å². The first kappa shape index (κ1) is 15.5. The molecule has 1 aromatic rings. The summed E-state index contributed by atoms with van der Waals surface area (Å²) in [7, 11) is 0. The van der Waals surface area contributed by atoms with Crippen LogP contribution >= 0.6 is 23.5 Å². The number of benzene rings is 1. The third-order valence-electron chi connectivity index (χ3n) is 5.75. The van der Waals surface area contributed by atoms with E-state index in [4.69, 9.17) is 0 Å². The van der Waals surface area contributed by atoms with E-state index >= 15 is 0 Å². The van der Waals surface area contributed by atoms with E-state index in [-0.39, 0.29) is 22.2 Å². The number of carbonyl (C=O) groups excluding carboxylic acids is 2. The summed E-state index contributed by atoms with van der Waals surface area (Å²) < 4.78 is 0.0256.